The summed E-state index contributed by atoms with van der Waals surface area (Å²) in [5, 5.41) is 9.01. The van der Waals surface area contributed by atoms with Crippen LogP contribution in [0.4, 0.5) is 0 Å². The summed E-state index contributed by atoms with van der Waals surface area (Å²) in [6, 6.07) is 5.12. The van der Waals surface area contributed by atoms with Crippen LogP contribution in [-0.2, 0) is 11.3 Å². The number of pyridine rings is 1. The predicted octanol–water partition coefficient (Wildman–Crippen LogP) is 1.36. The third kappa shape index (κ3) is 2.98. The van der Waals surface area contributed by atoms with Crippen LogP contribution < -0.4 is 5.56 Å². The fourth-order valence-corrected chi connectivity index (χ4v) is 2.95. The van der Waals surface area contributed by atoms with Crippen LogP contribution in [0.15, 0.2) is 33.7 Å². The molecule has 6 nitrogen and oxygen atoms in total. The molecule has 0 aromatic carbocycles. The molecule has 2 aromatic rings. The first-order valence-corrected chi connectivity index (χ1v) is 7.45. The second-order valence-electron chi connectivity index (χ2n) is 5.22. The average molecular weight is 352 g/mol. The number of aromatic nitrogens is 2. The Balaban J connectivity index is 1.84. The quantitative estimate of drug-likeness (QED) is 0.903. The van der Waals surface area contributed by atoms with E-state index in [0.717, 1.165) is 11.0 Å². The zero-order valence-corrected chi connectivity index (χ0v) is 12.8. The Morgan fingerprint density at radius 2 is 2.29 bits per heavy atom. The van der Waals surface area contributed by atoms with Crippen molar-refractivity contribution in [3.05, 3.63) is 44.9 Å². The Labute approximate surface area is 129 Å². The minimum absolute atomic E-state index is 0.134. The lowest BCUT2D eigenvalue weighted by atomic mass is 10.1. The summed E-state index contributed by atoms with van der Waals surface area (Å²) in [6.45, 7) is 1.74. The smallest absolute Gasteiger partial charge is 0.307 e. The molecule has 0 spiro atoms. The van der Waals surface area contributed by atoms with Gasteiger partial charge in [-0.1, -0.05) is 0 Å². The molecule has 21 heavy (non-hydrogen) atoms. The van der Waals surface area contributed by atoms with Gasteiger partial charge in [-0.05, 0) is 41.0 Å². The van der Waals surface area contributed by atoms with Gasteiger partial charge >= 0.3 is 5.97 Å². The molecule has 1 N–H and O–H groups in total. The van der Waals surface area contributed by atoms with Gasteiger partial charge in [-0.3, -0.25) is 18.9 Å². The van der Waals surface area contributed by atoms with Gasteiger partial charge in [0.1, 0.15) is 5.65 Å². The molecule has 1 aliphatic rings. The number of nitrogens with zero attached hydrogens (tertiary/aromatic N) is 3. The lowest BCUT2D eigenvalue weighted by Gasteiger charge is -2.14. The lowest BCUT2D eigenvalue weighted by Crippen LogP contribution is -2.25. The van der Waals surface area contributed by atoms with Gasteiger partial charge in [-0.15, -0.1) is 0 Å². The maximum Gasteiger partial charge on any atom is 0.307 e. The maximum absolute atomic E-state index is 12.1. The van der Waals surface area contributed by atoms with E-state index in [1.54, 1.807) is 12.3 Å². The van der Waals surface area contributed by atoms with E-state index in [9.17, 15) is 9.59 Å². The molecule has 1 fully saturated rings. The molecule has 3 rings (SSSR count). The van der Waals surface area contributed by atoms with E-state index in [1.165, 1.54) is 10.5 Å². The molecule has 0 saturated carbocycles. The van der Waals surface area contributed by atoms with Crippen molar-refractivity contribution in [3.63, 3.8) is 0 Å². The third-order valence-electron chi connectivity index (χ3n) is 3.68. The second kappa shape index (κ2) is 5.57. The molecule has 1 unspecified atom stereocenters. The molecule has 1 atom stereocenters. The van der Waals surface area contributed by atoms with E-state index in [-0.39, 0.29) is 11.5 Å². The topological polar surface area (TPSA) is 74.9 Å². The Bertz CT molecular complexity index is 759. The van der Waals surface area contributed by atoms with E-state index >= 15 is 0 Å². The summed E-state index contributed by atoms with van der Waals surface area (Å²) in [4.78, 5) is 29.5. The number of fused-ring (bicyclic) bond motifs is 1. The fraction of sp³-hybridized carbons (Fsp3) is 0.357. The number of hydrogen-bond donors (Lipinski definition) is 1. The van der Waals surface area contributed by atoms with Crippen LogP contribution in [0.2, 0.25) is 0 Å². The predicted molar refractivity (Wildman–Crippen MR) is 80.2 cm³/mol. The Hall–Kier alpha value is -1.73. The highest BCUT2D eigenvalue weighted by molar-refractivity contribution is 9.10. The molecule has 1 aliphatic heterocycles. The Morgan fingerprint density at radius 3 is 3.00 bits per heavy atom. The van der Waals surface area contributed by atoms with Crippen LogP contribution in [-0.4, -0.2) is 38.4 Å². The van der Waals surface area contributed by atoms with Crippen molar-refractivity contribution in [2.45, 2.75) is 13.0 Å². The van der Waals surface area contributed by atoms with E-state index in [4.69, 9.17) is 5.11 Å². The summed E-state index contributed by atoms with van der Waals surface area (Å²) >= 11 is 3.32. The van der Waals surface area contributed by atoms with Crippen LogP contribution >= 0.6 is 15.9 Å². The first kappa shape index (κ1) is 14.2. The van der Waals surface area contributed by atoms with Crippen LogP contribution in [0.1, 0.15) is 12.1 Å². The van der Waals surface area contributed by atoms with Gasteiger partial charge in [-0.25, -0.2) is 4.98 Å². The number of carbonyl (C=O) groups is 1. The SMILES string of the molecule is O=C(O)C1CCN(Cc2cc(=O)n3cc(Br)ccc3n2)C1. The average Bonchev–Trinajstić information content (AvgIpc) is 2.88. The monoisotopic (exact) mass is 351 g/mol. The number of hydrogen-bond acceptors (Lipinski definition) is 4. The molecule has 0 aliphatic carbocycles. The summed E-state index contributed by atoms with van der Waals surface area (Å²) in [6.07, 6.45) is 2.33. The number of aliphatic carboxylic acids is 1. The minimum atomic E-state index is -0.756. The van der Waals surface area contributed by atoms with E-state index in [0.29, 0.717) is 30.9 Å². The van der Waals surface area contributed by atoms with E-state index in [2.05, 4.69) is 20.9 Å². The zero-order chi connectivity index (χ0) is 15.0. The van der Waals surface area contributed by atoms with E-state index < -0.39 is 5.97 Å². The number of rotatable bonds is 3. The van der Waals surface area contributed by atoms with Gasteiger partial charge < -0.3 is 5.11 Å². The summed E-state index contributed by atoms with van der Waals surface area (Å²) in [5.41, 5.74) is 1.13. The van der Waals surface area contributed by atoms with Gasteiger partial charge in [0.2, 0.25) is 0 Å². The zero-order valence-electron chi connectivity index (χ0n) is 11.2. The van der Waals surface area contributed by atoms with Crippen LogP contribution in [0, 0.1) is 5.92 Å². The first-order valence-electron chi connectivity index (χ1n) is 6.66. The molecule has 3 heterocycles. The minimum Gasteiger partial charge on any atom is -0.481 e. The molecule has 7 heteroatoms. The van der Waals surface area contributed by atoms with Crippen molar-refractivity contribution in [2.75, 3.05) is 13.1 Å². The number of carboxylic acid groups (broad SMARTS) is 1. The highest BCUT2D eigenvalue weighted by Crippen LogP contribution is 2.18. The Morgan fingerprint density at radius 1 is 1.48 bits per heavy atom. The van der Waals surface area contributed by atoms with Crippen molar-refractivity contribution in [3.8, 4) is 0 Å². The third-order valence-corrected chi connectivity index (χ3v) is 4.15. The highest BCUT2D eigenvalue weighted by atomic mass is 79.9. The summed E-state index contributed by atoms with van der Waals surface area (Å²) in [5.74, 6) is -1.07. The Kier molecular flexibility index (Phi) is 3.77. The maximum atomic E-state index is 12.1. The normalized spacial score (nSPS) is 19.2. The van der Waals surface area contributed by atoms with Gasteiger partial charge in [0.15, 0.2) is 0 Å². The van der Waals surface area contributed by atoms with Crippen molar-refractivity contribution in [1.82, 2.24) is 14.3 Å². The second-order valence-corrected chi connectivity index (χ2v) is 6.14. The number of carboxylic acids is 1. The lowest BCUT2D eigenvalue weighted by molar-refractivity contribution is -0.141. The molecule has 2 aromatic heterocycles. The molecular weight excluding hydrogens is 338 g/mol. The van der Waals surface area contributed by atoms with Gasteiger partial charge in [0.25, 0.3) is 5.56 Å². The standard InChI is InChI=1S/C14H14BrN3O3/c15-10-1-2-12-16-11(5-13(19)18(12)7-10)8-17-4-3-9(6-17)14(20)21/h1-2,5,7,9H,3-4,6,8H2,(H,20,21). The van der Waals surface area contributed by atoms with Crippen LogP contribution in [0.3, 0.4) is 0 Å². The molecule has 0 radical (unpaired) electrons. The number of likely N-dealkylation sites (tertiary alicyclic amines) is 1. The molecule has 110 valence electrons. The van der Waals surface area contributed by atoms with Gasteiger partial charge in [0, 0.05) is 29.8 Å². The van der Waals surface area contributed by atoms with Crippen LogP contribution in [0.5, 0.6) is 0 Å². The van der Waals surface area contributed by atoms with Crippen molar-refractivity contribution >= 4 is 27.5 Å². The van der Waals surface area contributed by atoms with Gasteiger partial charge in [-0.2, -0.15) is 0 Å². The number of halogens is 1. The molecule has 0 amide bonds. The summed E-state index contributed by atoms with van der Waals surface area (Å²) < 4.78 is 2.30. The largest absolute Gasteiger partial charge is 0.481 e. The summed E-state index contributed by atoms with van der Waals surface area (Å²) in [7, 11) is 0. The van der Waals surface area contributed by atoms with Crippen LogP contribution in [0.25, 0.3) is 5.65 Å². The van der Waals surface area contributed by atoms with Crippen molar-refractivity contribution in [2.24, 2.45) is 5.92 Å². The van der Waals surface area contributed by atoms with Gasteiger partial charge in [0.05, 0.1) is 11.6 Å². The fourth-order valence-electron chi connectivity index (χ4n) is 2.61. The van der Waals surface area contributed by atoms with Crippen molar-refractivity contribution < 1.29 is 9.90 Å². The van der Waals surface area contributed by atoms with Crippen molar-refractivity contribution in [1.29, 1.82) is 0 Å². The highest BCUT2D eigenvalue weighted by Gasteiger charge is 2.28. The molecular formula is C14H14BrN3O3. The molecule has 0 bridgehead atoms. The molecule has 1 saturated heterocycles. The first-order chi connectivity index (χ1) is 10.0. The van der Waals surface area contributed by atoms with E-state index in [1.807, 2.05) is 11.0 Å².